The first-order valence-electron chi connectivity index (χ1n) is 3.66. The van der Waals surface area contributed by atoms with Crippen molar-refractivity contribution in [1.82, 2.24) is 5.32 Å². The van der Waals surface area contributed by atoms with Crippen molar-refractivity contribution < 1.29 is 33.3 Å². The lowest BCUT2D eigenvalue weighted by atomic mass is 10.5. The molecular formula is C8H17IN2O. The molecule has 0 rings (SSSR count). The summed E-state index contributed by atoms with van der Waals surface area (Å²) in [4.78, 5) is 10.7. The molecule has 0 saturated carbocycles. The minimum Gasteiger partial charge on any atom is -1.00 e. The van der Waals surface area contributed by atoms with Gasteiger partial charge in [-0.25, -0.2) is 0 Å². The Morgan fingerprint density at radius 2 is 2.00 bits per heavy atom. The molecule has 0 atom stereocenters. The fourth-order valence-electron chi connectivity index (χ4n) is 0.587. The first-order valence-corrected chi connectivity index (χ1v) is 3.66. The fraction of sp³-hybridized carbons (Fsp3) is 0.625. The van der Waals surface area contributed by atoms with Crippen molar-refractivity contribution in [3.8, 4) is 0 Å². The van der Waals surface area contributed by atoms with E-state index in [9.17, 15) is 4.79 Å². The summed E-state index contributed by atoms with van der Waals surface area (Å²) in [7, 11) is 6.25. The quantitative estimate of drug-likeness (QED) is 0.333. The Bertz CT molecular complexity index is 152. The van der Waals surface area contributed by atoms with Crippen LogP contribution in [0.4, 0.5) is 0 Å². The standard InChI is InChI=1S/C8H16N2O.HI/c1-5-8(11)9-6-7-10(2,3)4;/h5H,1,6-7H2,2-4H3;1H. The molecular weight excluding hydrogens is 267 g/mol. The van der Waals surface area contributed by atoms with Crippen LogP contribution in [0.1, 0.15) is 0 Å². The van der Waals surface area contributed by atoms with Crippen LogP contribution in [0.5, 0.6) is 0 Å². The molecule has 0 spiro atoms. The van der Waals surface area contributed by atoms with Gasteiger partial charge < -0.3 is 33.8 Å². The van der Waals surface area contributed by atoms with E-state index in [0.29, 0.717) is 6.54 Å². The molecule has 0 aliphatic carbocycles. The Morgan fingerprint density at radius 1 is 1.50 bits per heavy atom. The van der Waals surface area contributed by atoms with Gasteiger partial charge in [0.15, 0.2) is 0 Å². The van der Waals surface area contributed by atoms with Crippen molar-refractivity contribution in [3.63, 3.8) is 0 Å². The third-order valence-electron chi connectivity index (χ3n) is 1.27. The topological polar surface area (TPSA) is 29.1 Å². The van der Waals surface area contributed by atoms with E-state index in [2.05, 4.69) is 33.0 Å². The number of likely N-dealkylation sites (N-methyl/N-ethyl adjacent to an activating group) is 1. The Labute approximate surface area is 91.4 Å². The van der Waals surface area contributed by atoms with Crippen LogP contribution in [0, 0.1) is 0 Å². The van der Waals surface area contributed by atoms with E-state index < -0.39 is 0 Å². The van der Waals surface area contributed by atoms with E-state index in [4.69, 9.17) is 0 Å². The Kier molecular flexibility index (Phi) is 7.72. The van der Waals surface area contributed by atoms with Crippen LogP contribution in [0.3, 0.4) is 0 Å². The van der Waals surface area contributed by atoms with Crippen LogP contribution in [0.25, 0.3) is 0 Å². The maximum Gasteiger partial charge on any atom is 0.243 e. The van der Waals surface area contributed by atoms with E-state index in [1.807, 2.05) is 0 Å². The van der Waals surface area contributed by atoms with E-state index in [0.717, 1.165) is 11.0 Å². The number of rotatable bonds is 4. The number of carbonyl (C=O) groups excluding carboxylic acids is 1. The molecule has 72 valence electrons. The summed E-state index contributed by atoms with van der Waals surface area (Å²) in [5, 5.41) is 2.72. The van der Waals surface area contributed by atoms with E-state index in [1.165, 1.54) is 6.08 Å². The van der Waals surface area contributed by atoms with Crippen molar-refractivity contribution in [2.45, 2.75) is 0 Å². The molecule has 0 radical (unpaired) electrons. The third-order valence-corrected chi connectivity index (χ3v) is 1.27. The first-order chi connectivity index (χ1) is 4.95. The number of halogens is 1. The largest absolute Gasteiger partial charge is 1.00 e. The second-order valence-electron chi connectivity index (χ2n) is 3.51. The van der Waals surface area contributed by atoms with E-state index >= 15 is 0 Å². The molecule has 0 aliphatic rings. The minimum absolute atomic E-state index is 0. The van der Waals surface area contributed by atoms with Gasteiger partial charge in [-0.15, -0.1) is 0 Å². The molecule has 0 bridgehead atoms. The molecule has 3 nitrogen and oxygen atoms in total. The van der Waals surface area contributed by atoms with Crippen molar-refractivity contribution in [3.05, 3.63) is 12.7 Å². The van der Waals surface area contributed by atoms with Crippen molar-refractivity contribution >= 4 is 5.91 Å². The van der Waals surface area contributed by atoms with Gasteiger partial charge in [-0.2, -0.15) is 0 Å². The molecule has 0 saturated heterocycles. The Hall–Kier alpha value is -0.100. The van der Waals surface area contributed by atoms with Gasteiger partial charge in [0.2, 0.25) is 5.91 Å². The molecule has 0 aromatic heterocycles. The third kappa shape index (κ3) is 9.90. The summed E-state index contributed by atoms with van der Waals surface area (Å²) >= 11 is 0. The predicted octanol–water partition coefficient (Wildman–Crippen LogP) is -3.00. The molecule has 0 aromatic carbocycles. The normalized spacial score (nSPS) is 9.92. The lowest BCUT2D eigenvalue weighted by Crippen LogP contribution is -3.00. The number of hydrogen-bond donors (Lipinski definition) is 1. The second kappa shape index (κ2) is 6.42. The van der Waals surface area contributed by atoms with Crippen LogP contribution in [0.2, 0.25) is 0 Å². The Morgan fingerprint density at radius 3 is 2.33 bits per heavy atom. The van der Waals surface area contributed by atoms with Crippen molar-refractivity contribution in [2.75, 3.05) is 34.2 Å². The molecule has 0 fully saturated rings. The second-order valence-corrected chi connectivity index (χ2v) is 3.51. The highest BCUT2D eigenvalue weighted by molar-refractivity contribution is 5.86. The van der Waals surface area contributed by atoms with Gasteiger partial charge in [0.05, 0.1) is 34.2 Å². The van der Waals surface area contributed by atoms with Gasteiger partial charge in [0.1, 0.15) is 0 Å². The average molecular weight is 284 g/mol. The van der Waals surface area contributed by atoms with Crippen LogP contribution in [-0.2, 0) is 4.79 Å². The summed E-state index contributed by atoms with van der Waals surface area (Å²) in [6.07, 6.45) is 1.29. The highest BCUT2D eigenvalue weighted by Crippen LogP contribution is 1.85. The predicted molar refractivity (Wildman–Crippen MR) is 46.1 cm³/mol. The molecule has 1 N–H and O–H groups in total. The summed E-state index contributed by atoms with van der Waals surface area (Å²) < 4.78 is 0.859. The summed E-state index contributed by atoms with van der Waals surface area (Å²) in [5.41, 5.74) is 0. The van der Waals surface area contributed by atoms with Gasteiger partial charge >= 0.3 is 0 Å². The molecule has 0 unspecified atom stereocenters. The van der Waals surface area contributed by atoms with Gasteiger partial charge in [-0.3, -0.25) is 4.79 Å². The lowest BCUT2D eigenvalue weighted by Gasteiger charge is -2.23. The maximum absolute atomic E-state index is 10.7. The Balaban J connectivity index is 0. The zero-order valence-electron chi connectivity index (χ0n) is 7.93. The van der Waals surface area contributed by atoms with Crippen LogP contribution in [0.15, 0.2) is 12.7 Å². The van der Waals surface area contributed by atoms with Crippen molar-refractivity contribution in [2.24, 2.45) is 0 Å². The molecule has 12 heavy (non-hydrogen) atoms. The van der Waals surface area contributed by atoms with Gasteiger partial charge in [0, 0.05) is 0 Å². The molecule has 0 aliphatic heterocycles. The zero-order chi connectivity index (χ0) is 8.91. The van der Waals surface area contributed by atoms with Gasteiger partial charge in [-0.1, -0.05) is 6.58 Å². The summed E-state index contributed by atoms with van der Waals surface area (Å²) in [6, 6.07) is 0. The molecule has 1 amide bonds. The van der Waals surface area contributed by atoms with Crippen LogP contribution >= 0.6 is 0 Å². The van der Waals surface area contributed by atoms with Crippen LogP contribution in [-0.4, -0.2) is 44.6 Å². The smallest absolute Gasteiger partial charge is 0.243 e. The SMILES string of the molecule is C=CC(=O)NCC[N+](C)(C)C.[I-]. The molecule has 4 heteroatoms. The zero-order valence-corrected chi connectivity index (χ0v) is 10.1. The monoisotopic (exact) mass is 284 g/mol. The number of nitrogens with zero attached hydrogens (tertiary/aromatic N) is 1. The lowest BCUT2D eigenvalue weighted by molar-refractivity contribution is -0.869. The number of quaternary nitrogens is 1. The van der Waals surface area contributed by atoms with Crippen molar-refractivity contribution in [1.29, 1.82) is 0 Å². The van der Waals surface area contributed by atoms with E-state index in [-0.39, 0.29) is 29.9 Å². The fourth-order valence-corrected chi connectivity index (χ4v) is 0.587. The first kappa shape index (κ1) is 14.4. The maximum atomic E-state index is 10.7. The van der Waals surface area contributed by atoms with Gasteiger partial charge in [-0.05, 0) is 6.08 Å². The summed E-state index contributed by atoms with van der Waals surface area (Å²) in [5.74, 6) is -0.0987. The number of hydrogen-bond acceptors (Lipinski definition) is 1. The van der Waals surface area contributed by atoms with Crippen LogP contribution < -0.4 is 29.3 Å². The number of amides is 1. The minimum atomic E-state index is -0.0987. The number of carbonyl (C=O) groups is 1. The highest BCUT2D eigenvalue weighted by atomic mass is 127. The molecule has 0 aromatic rings. The van der Waals surface area contributed by atoms with Gasteiger partial charge in [0.25, 0.3) is 0 Å². The molecule has 0 heterocycles. The van der Waals surface area contributed by atoms with E-state index in [1.54, 1.807) is 0 Å². The average Bonchev–Trinajstić information content (AvgIpc) is 1.85. The number of nitrogens with one attached hydrogen (secondary N) is 1. The highest BCUT2D eigenvalue weighted by Gasteiger charge is 2.05. The summed E-state index contributed by atoms with van der Waals surface area (Å²) in [6.45, 7) is 4.99.